The summed E-state index contributed by atoms with van der Waals surface area (Å²) in [4.78, 5) is 75.0. The minimum Gasteiger partial charge on any atom is -0.380 e. The molecule has 6 amide bonds. The SMILES string of the molecule is CC(C)(C)C(COCCC(=O)NCCCNC(=O)c1ccc(S(N)(=O)=O)cc1)(COCCC(=O)NCCCNC(=O)c1ccc(S(N)(=O)=O)cc1)COCCC(=O)NCCCNC(=O)c1ccc(S(N)(=O)=O)cc1. The number of nitrogens with one attached hydrogen (secondary N) is 6. The van der Waals surface area contributed by atoms with Crippen LogP contribution in [0.2, 0.25) is 0 Å². The first kappa shape index (κ1) is 62.4. The highest BCUT2D eigenvalue weighted by Crippen LogP contribution is 2.40. The summed E-state index contributed by atoms with van der Waals surface area (Å²) < 4.78 is 87.0. The highest BCUT2D eigenvalue weighted by molar-refractivity contribution is 7.89. The summed E-state index contributed by atoms with van der Waals surface area (Å²) in [7, 11) is -11.7. The van der Waals surface area contributed by atoms with Gasteiger partial charge in [-0.2, -0.15) is 0 Å². The fourth-order valence-electron chi connectivity index (χ4n) is 6.59. The van der Waals surface area contributed by atoms with Crippen LogP contribution in [0.1, 0.15) is 90.4 Å². The molecule has 24 nitrogen and oxygen atoms in total. The van der Waals surface area contributed by atoms with Gasteiger partial charge >= 0.3 is 0 Å². The number of primary sulfonamides is 3. The highest BCUT2D eigenvalue weighted by Gasteiger charge is 2.43. The Balaban J connectivity index is 1.45. The normalized spacial score (nSPS) is 12.1. The highest BCUT2D eigenvalue weighted by atomic mass is 32.2. The van der Waals surface area contributed by atoms with Gasteiger partial charge in [0.25, 0.3) is 17.7 Å². The lowest BCUT2D eigenvalue weighted by Crippen LogP contribution is -2.48. The number of hydrogen-bond acceptors (Lipinski definition) is 15. The van der Waals surface area contributed by atoms with Crippen molar-refractivity contribution < 1.29 is 68.2 Å². The molecule has 0 aromatic heterocycles. The summed E-state index contributed by atoms with van der Waals surface area (Å²) in [5, 5.41) is 31.7. The third-order valence-electron chi connectivity index (χ3n) is 11.4. The molecule has 410 valence electrons. The van der Waals surface area contributed by atoms with E-state index in [4.69, 9.17) is 29.6 Å². The fourth-order valence-corrected chi connectivity index (χ4v) is 8.13. The standard InChI is InChI=1S/C47H69N9O15S3/c1-46(2,3)47(31-69-28-19-40(57)51-22-4-25-54-43(60)34-7-13-37(14-8-34)72(48,63)64,32-70-29-20-41(58)52-23-5-26-55-44(61)35-9-15-38(16-10-35)73(49,65)66)33-71-30-21-42(59)53-24-6-27-56-45(62)36-11-17-39(18-12-36)74(50,67)68/h7-18H,4-6,19-33H2,1-3H3,(H,51,57)(H,52,58)(H,53,59)(H,54,60)(H,55,61)(H,56,62)(H2,48,63,64)(H2,49,65,66)(H2,50,67,68). The van der Waals surface area contributed by atoms with Crippen LogP contribution < -0.4 is 47.3 Å². The Morgan fingerprint density at radius 1 is 0.405 bits per heavy atom. The monoisotopic (exact) mass is 1100 g/mol. The van der Waals surface area contributed by atoms with Gasteiger partial charge in [0.15, 0.2) is 0 Å². The number of rotatable bonds is 33. The Hall–Kier alpha value is -5.91. The number of hydrogen-bond donors (Lipinski definition) is 9. The van der Waals surface area contributed by atoms with Crippen molar-refractivity contribution in [1.29, 1.82) is 0 Å². The lowest BCUT2D eigenvalue weighted by molar-refractivity contribution is -0.134. The molecular weight excluding hydrogens is 1030 g/mol. The lowest BCUT2D eigenvalue weighted by Gasteiger charge is -2.44. The van der Waals surface area contributed by atoms with E-state index in [0.717, 1.165) is 0 Å². The minimum absolute atomic E-state index is 0.0149. The van der Waals surface area contributed by atoms with Crippen LogP contribution in [0, 0.1) is 10.8 Å². The Labute approximate surface area is 432 Å². The number of nitrogens with two attached hydrogens (primary N) is 3. The molecule has 0 fully saturated rings. The van der Waals surface area contributed by atoms with Gasteiger partial charge in [0, 0.05) is 80.6 Å². The van der Waals surface area contributed by atoms with Crippen molar-refractivity contribution in [3.63, 3.8) is 0 Å². The van der Waals surface area contributed by atoms with Crippen molar-refractivity contribution in [1.82, 2.24) is 31.9 Å². The number of carbonyl (C=O) groups is 6. The zero-order valence-corrected chi connectivity index (χ0v) is 44.2. The molecule has 27 heteroatoms. The van der Waals surface area contributed by atoms with Gasteiger partial charge in [-0.15, -0.1) is 0 Å². The van der Waals surface area contributed by atoms with E-state index in [9.17, 15) is 54.0 Å². The molecule has 0 aliphatic heterocycles. The topological polar surface area (TPSA) is 383 Å². The molecule has 0 unspecified atom stereocenters. The maximum Gasteiger partial charge on any atom is 0.251 e. The quantitative estimate of drug-likeness (QED) is 0.0362. The number of sulfonamides is 3. The van der Waals surface area contributed by atoms with Gasteiger partial charge in [0.2, 0.25) is 47.8 Å². The zero-order valence-electron chi connectivity index (χ0n) is 41.7. The van der Waals surface area contributed by atoms with Crippen LogP contribution in [-0.2, 0) is 58.7 Å². The van der Waals surface area contributed by atoms with Crippen LogP contribution in [0.3, 0.4) is 0 Å². The lowest BCUT2D eigenvalue weighted by atomic mass is 9.68. The minimum atomic E-state index is -3.90. The first-order chi connectivity index (χ1) is 34.7. The molecule has 0 bridgehead atoms. The van der Waals surface area contributed by atoms with E-state index < -0.39 is 58.6 Å². The second-order valence-electron chi connectivity index (χ2n) is 18.0. The second kappa shape index (κ2) is 29.8. The largest absolute Gasteiger partial charge is 0.380 e. The average Bonchev–Trinajstić information content (AvgIpc) is 3.33. The molecule has 12 N–H and O–H groups in total. The summed E-state index contributed by atoms with van der Waals surface area (Å²) in [6.07, 6.45) is 1.28. The van der Waals surface area contributed by atoms with E-state index in [0.29, 0.717) is 19.3 Å². The van der Waals surface area contributed by atoms with Crippen LogP contribution >= 0.6 is 0 Å². The van der Waals surface area contributed by atoms with Crippen LogP contribution in [0.15, 0.2) is 87.5 Å². The predicted octanol–water partition coefficient (Wildman–Crippen LogP) is -0.00990. The van der Waals surface area contributed by atoms with Crippen LogP contribution in [0.5, 0.6) is 0 Å². The van der Waals surface area contributed by atoms with Crippen LogP contribution in [-0.4, -0.2) is 140 Å². The first-order valence-electron chi connectivity index (χ1n) is 23.5. The van der Waals surface area contributed by atoms with Crippen molar-refractivity contribution in [2.45, 2.75) is 74.0 Å². The van der Waals surface area contributed by atoms with Crippen molar-refractivity contribution in [3.8, 4) is 0 Å². The second-order valence-corrected chi connectivity index (χ2v) is 22.7. The maximum atomic E-state index is 12.7. The molecule has 0 radical (unpaired) electrons. The molecule has 3 aromatic carbocycles. The Kier molecular flexibility index (Phi) is 25.2. The average molecular weight is 1100 g/mol. The van der Waals surface area contributed by atoms with Crippen molar-refractivity contribution in [2.75, 3.05) is 78.9 Å². The van der Waals surface area contributed by atoms with E-state index in [1.807, 2.05) is 20.8 Å². The van der Waals surface area contributed by atoms with Crippen LogP contribution in [0.25, 0.3) is 0 Å². The third kappa shape index (κ3) is 22.7. The van der Waals surface area contributed by atoms with Crippen molar-refractivity contribution in [2.24, 2.45) is 26.2 Å². The molecule has 0 spiro atoms. The smallest absolute Gasteiger partial charge is 0.251 e. The first-order valence-corrected chi connectivity index (χ1v) is 28.1. The van der Waals surface area contributed by atoms with E-state index in [2.05, 4.69) is 31.9 Å². The maximum absolute atomic E-state index is 12.7. The third-order valence-corrected chi connectivity index (χ3v) is 14.2. The van der Waals surface area contributed by atoms with Crippen molar-refractivity contribution in [3.05, 3.63) is 89.5 Å². The van der Waals surface area contributed by atoms with Crippen molar-refractivity contribution >= 4 is 65.5 Å². The number of amides is 6. The summed E-state index contributed by atoms with van der Waals surface area (Å²) in [5.41, 5.74) is -0.632. The van der Waals surface area contributed by atoms with Gasteiger partial charge in [-0.1, -0.05) is 20.8 Å². The number of ether oxygens (including phenoxy) is 3. The molecule has 3 rings (SSSR count). The fraction of sp³-hybridized carbons (Fsp3) is 0.489. The van der Waals surface area contributed by atoms with Gasteiger partial charge in [0.05, 0.1) is 54.3 Å². The van der Waals surface area contributed by atoms with Gasteiger partial charge in [-0.05, 0) is 97.5 Å². The number of benzene rings is 3. The number of carbonyl (C=O) groups excluding carboxylic acids is 6. The molecule has 0 aliphatic rings. The Bertz CT molecular complexity index is 2400. The van der Waals surface area contributed by atoms with E-state index >= 15 is 0 Å². The van der Waals surface area contributed by atoms with E-state index in [-0.39, 0.29) is 147 Å². The molecule has 0 aliphatic carbocycles. The summed E-state index contributed by atoms with van der Waals surface area (Å²) in [6.45, 7) is 7.73. The van der Waals surface area contributed by atoms with Gasteiger partial charge in [-0.25, -0.2) is 40.7 Å². The summed E-state index contributed by atoms with van der Waals surface area (Å²) >= 11 is 0. The predicted molar refractivity (Wildman–Crippen MR) is 272 cm³/mol. The summed E-state index contributed by atoms with van der Waals surface area (Å²) in [5.74, 6) is -2.14. The molecule has 0 saturated heterocycles. The van der Waals surface area contributed by atoms with Crippen LogP contribution in [0.4, 0.5) is 0 Å². The molecular formula is C47H69N9O15S3. The molecule has 0 heterocycles. The van der Waals surface area contributed by atoms with Gasteiger partial charge in [0.1, 0.15) is 0 Å². The van der Waals surface area contributed by atoms with E-state index in [1.54, 1.807) is 0 Å². The Morgan fingerprint density at radius 3 is 0.851 bits per heavy atom. The van der Waals surface area contributed by atoms with Gasteiger partial charge < -0.3 is 46.1 Å². The van der Waals surface area contributed by atoms with E-state index in [1.165, 1.54) is 72.8 Å². The molecule has 0 atom stereocenters. The Morgan fingerprint density at radius 2 is 0.635 bits per heavy atom. The van der Waals surface area contributed by atoms with Gasteiger partial charge in [-0.3, -0.25) is 28.8 Å². The zero-order chi connectivity index (χ0) is 55.0. The molecule has 3 aromatic rings. The summed E-state index contributed by atoms with van der Waals surface area (Å²) in [6, 6.07) is 15.5. The molecule has 74 heavy (non-hydrogen) atoms. The molecule has 0 saturated carbocycles.